The third kappa shape index (κ3) is 2.65. The lowest BCUT2D eigenvalue weighted by molar-refractivity contribution is 0.192. The van der Waals surface area contributed by atoms with Gasteiger partial charge in [0.1, 0.15) is 0 Å². The van der Waals surface area contributed by atoms with Crippen molar-refractivity contribution in [3.05, 3.63) is 0 Å². The van der Waals surface area contributed by atoms with Gasteiger partial charge in [0.15, 0.2) is 0 Å². The molecule has 0 spiro atoms. The van der Waals surface area contributed by atoms with E-state index in [0.29, 0.717) is 10.8 Å². The molecule has 2 rings (SSSR count). The summed E-state index contributed by atoms with van der Waals surface area (Å²) in [6, 6.07) is 0.429. The Kier molecular flexibility index (Phi) is 3.40. The zero-order valence-electron chi connectivity index (χ0n) is 9.17. The summed E-state index contributed by atoms with van der Waals surface area (Å²) >= 11 is 2.16. The van der Waals surface area contributed by atoms with Gasteiger partial charge in [0, 0.05) is 23.9 Å². The van der Waals surface area contributed by atoms with Gasteiger partial charge in [0.25, 0.3) is 0 Å². The van der Waals surface area contributed by atoms with Gasteiger partial charge in [0.2, 0.25) is 0 Å². The van der Waals surface area contributed by atoms with E-state index in [9.17, 15) is 0 Å². The van der Waals surface area contributed by atoms with Crippen LogP contribution >= 0.6 is 11.8 Å². The van der Waals surface area contributed by atoms with Crippen LogP contribution in [0.4, 0.5) is 0 Å². The first-order valence-electron chi connectivity index (χ1n) is 5.80. The highest BCUT2D eigenvalue weighted by atomic mass is 32.2. The smallest absolute Gasteiger partial charge is 0.0259 e. The molecule has 2 unspecified atom stereocenters. The van der Waals surface area contributed by atoms with E-state index in [1.807, 2.05) is 0 Å². The van der Waals surface area contributed by atoms with Gasteiger partial charge in [-0.1, -0.05) is 0 Å². The molecule has 2 nitrogen and oxygen atoms in total. The lowest BCUT2D eigenvalue weighted by Gasteiger charge is -2.36. The zero-order chi connectivity index (χ0) is 10.0. The zero-order valence-corrected chi connectivity index (χ0v) is 9.98. The van der Waals surface area contributed by atoms with Gasteiger partial charge in [-0.3, -0.25) is 0 Å². The van der Waals surface area contributed by atoms with Crippen molar-refractivity contribution in [1.82, 2.24) is 4.90 Å². The van der Waals surface area contributed by atoms with Crippen molar-refractivity contribution >= 4 is 11.8 Å². The van der Waals surface area contributed by atoms with Crippen molar-refractivity contribution in [2.45, 2.75) is 43.4 Å². The highest BCUT2D eigenvalue weighted by Crippen LogP contribution is 2.38. The molecule has 2 fully saturated rings. The van der Waals surface area contributed by atoms with E-state index < -0.39 is 0 Å². The average Bonchev–Trinajstić information content (AvgIpc) is 2.51. The van der Waals surface area contributed by atoms with Crippen LogP contribution in [0.2, 0.25) is 0 Å². The summed E-state index contributed by atoms with van der Waals surface area (Å²) in [4.78, 5) is 2.58. The maximum atomic E-state index is 5.99. The van der Waals surface area contributed by atoms with E-state index in [1.54, 1.807) is 0 Å². The van der Waals surface area contributed by atoms with Crippen molar-refractivity contribution in [3.63, 3.8) is 0 Å². The van der Waals surface area contributed by atoms with Gasteiger partial charge in [-0.25, -0.2) is 0 Å². The number of nitrogens with two attached hydrogens (primary N) is 1. The van der Waals surface area contributed by atoms with Gasteiger partial charge in [-0.05, 0) is 44.9 Å². The van der Waals surface area contributed by atoms with Crippen LogP contribution in [0.1, 0.15) is 32.6 Å². The van der Waals surface area contributed by atoms with Crippen molar-refractivity contribution in [1.29, 1.82) is 0 Å². The molecule has 0 aromatic rings. The Morgan fingerprint density at radius 1 is 1.50 bits per heavy atom. The fourth-order valence-electron chi connectivity index (χ4n) is 2.67. The predicted octanol–water partition coefficient (Wildman–Crippen LogP) is 1.70. The molecule has 82 valence electrons. The summed E-state index contributed by atoms with van der Waals surface area (Å²) in [5.74, 6) is 1.36. The van der Waals surface area contributed by atoms with Gasteiger partial charge in [-0.15, -0.1) is 0 Å². The Hall–Kier alpha value is 0.270. The van der Waals surface area contributed by atoms with Crippen LogP contribution < -0.4 is 5.73 Å². The maximum Gasteiger partial charge on any atom is 0.0259 e. The maximum absolute atomic E-state index is 5.99. The quantitative estimate of drug-likeness (QED) is 0.758. The standard InChI is InChI=1S/C11H22N2S/c1-11(5-3-7-14-11)9-13-6-2-4-10(12)8-13/h10H,2-9,12H2,1H3. The fourth-order valence-corrected chi connectivity index (χ4v) is 4.01. The summed E-state index contributed by atoms with van der Waals surface area (Å²) < 4.78 is 0.525. The molecule has 0 aromatic carbocycles. The van der Waals surface area contributed by atoms with Crippen molar-refractivity contribution in [3.8, 4) is 0 Å². The Morgan fingerprint density at radius 3 is 3.00 bits per heavy atom. The van der Waals surface area contributed by atoms with Gasteiger partial charge >= 0.3 is 0 Å². The third-order valence-electron chi connectivity index (χ3n) is 3.40. The van der Waals surface area contributed by atoms with Crippen LogP contribution in [0, 0.1) is 0 Å². The molecule has 2 N–H and O–H groups in total. The number of hydrogen-bond donors (Lipinski definition) is 1. The van der Waals surface area contributed by atoms with E-state index in [1.165, 1.54) is 44.5 Å². The molecule has 2 saturated heterocycles. The van der Waals surface area contributed by atoms with Crippen LogP contribution in [-0.2, 0) is 0 Å². The first-order chi connectivity index (χ1) is 6.68. The van der Waals surface area contributed by atoms with E-state index in [-0.39, 0.29) is 0 Å². The van der Waals surface area contributed by atoms with E-state index in [0.717, 1.165) is 6.54 Å². The Bertz CT molecular complexity index is 190. The Labute approximate surface area is 91.6 Å². The second-order valence-corrected chi connectivity index (χ2v) is 6.72. The van der Waals surface area contributed by atoms with Crippen LogP contribution in [-0.4, -0.2) is 41.1 Å². The summed E-state index contributed by atoms with van der Waals surface area (Å²) in [6.45, 7) is 6.07. The number of rotatable bonds is 2. The molecule has 2 aliphatic heterocycles. The van der Waals surface area contributed by atoms with Crippen LogP contribution in [0.15, 0.2) is 0 Å². The minimum Gasteiger partial charge on any atom is -0.327 e. The summed E-state index contributed by atoms with van der Waals surface area (Å²) in [6.07, 6.45) is 5.31. The third-order valence-corrected chi connectivity index (χ3v) is 4.92. The molecule has 14 heavy (non-hydrogen) atoms. The first-order valence-corrected chi connectivity index (χ1v) is 6.78. The van der Waals surface area contributed by atoms with Crippen LogP contribution in [0.25, 0.3) is 0 Å². The molecule has 2 heterocycles. The van der Waals surface area contributed by atoms with Gasteiger partial charge in [0.05, 0.1) is 0 Å². The number of nitrogens with zero attached hydrogens (tertiary/aromatic N) is 1. The molecule has 0 amide bonds. The lowest BCUT2D eigenvalue weighted by atomic mass is 10.0. The van der Waals surface area contributed by atoms with E-state index >= 15 is 0 Å². The van der Waals surface area contributed by atoms with Gasteiger partial charge < -0.3 is 10.6 Å². The molecule has 2 atom stereocenters. The fraction of sp³-hybridized carbons (Fsp3) is 1.00. The highest BCUT2D eigenvalue weighted by molar-refractivity contribution is 8.00. The first kappa shape index (κ1) is 10.8. The summed E-state index contributed by atoms with van der Waals surface area (Å²) in [7, 11) is 0. The van der Waals surface area contributed by atoms with Crippen LogP contribution in [0.5, 0.6) is 0 Å². The van der Waals surface area contributed by atoms with Gasteiger partial charge in [-0.2, -0.15) is 11.8 Å². The number of piperidine rings is 1. The topological polar surface area (TPSA) is 29.3 Å². The molecular weight excluding hydrogens is 192 g/mol. The van der Waals surface area contributed by atoms with Crippen molar-refractivity contribution < 1.29 is 0 Å². The highest BCUT2D eigenvalue weighted by Gasteiger charge is 2.32. The number of hydrogen-bond acceptors (Lipinski definition) is 3. The Morgan fingerprint density at radius 2 is 2.36 bits per heavy atom. The minimum absolute atomic E-state index is 0.429. The predicted molar refractivity (Wildman–Crippen MR) is 63.7 cm³/mol. The van der Waals surface area contributed by atoms with E-state index in [4.69, 9.17) is 5.73 Å². The summed E-state index contributed by atoms with van der Waals surface area (Å²) in [5, 5.41) is 0. The lowest BCUT2D eigenvalue weighted by Crippen LogP contribution is -2.47. The molecule has 2 aliphatic rings. The Balaban J connectivity index is 1.83. The summed E-state index contributed by atoms with van der Waals surface area (Å²) in [5.41, 5.74) is 5.99. The van der Waals surface area contributed by atoms with E-state index in [2.05, 4.69) is 23.6 Å². The normalized spacial score (nSPS) is 40.3. The molecule has 0 saturated carbocycles. The average molecular weight is 214 g/mol. The molecule has 0 aliphatic carbocycles. The monoisotopic (exact) mass is 214 g/mol. The van der Waals surface area contributed by atoms with Crippen molar-refractivity contribution in [2.24, 2.45) is 5.73 Å². The minimum atomic E-state index is 0.429. The molecule has 3 heteroatoms. The molecule has 0 radical (unpaired) electrons. The second kappa shape index (κ2) is 4.42. The number of thioether (sulfide) groups is 1. The molecule has 0 aromatic heterocycles. The second-order valence-electron chi connectivity index (χ2n) is 5.04. The van der Waals surface area contributed by atoms with Crippen LogP contribution in [0.3, 0.4) is 0 Å². The van der Waals surface area contributed by atoms with Crippen molar-refractivity contribution in [2.75, 3.05) is 25.4 Å². The molecular formula is C11H22N2S. The SMILES string of the molecule is CC1(CN2CCCC(N)C2)CCCS1. The number of likely N-dealkylation sites (tertiary alicyclic amines) is 1. The largest absolute Gasteiger partial charge is 0.327 e. The molecule has 0 bridgehead atoms.